The number of nitrogens with one attached hydrogen (secondary N) is 2. The number of imide groups is 1. The van der Waals surface area contributed by atoms with E-state index in [2.05, 4.69) is 27.8 Å². The molecule has 1 saturated heterocycles. The number of rotatable bonds is 7. The fourth-order valence-corrected chi connectivity index (χ4v) is 4.56. The SMILES string of the molecule is CCNC(=NCc1ccc(C(N)=O)o1)NCCN1C(=O)C2C3C=CC(C3)C2C1=O.I. The Kier molecular flexibility index (Phi) is 6.84. The first-order valence-corrected chi connectivity index (χ1v) is 9.93. The van der Waals surface area contributed by atoms with E-state index in [1.165, 1.54) is 11.0 Å². The Labute approximate surface area is 191 Å². The van der Waals surface area contributed by atoms with E-state index in [4.69, 9.17) is 10.2 Å². The van der Waals surface area contributed by atoms with Crippen LogP contribution in [0.15, 0.2) is 33.7 Å². The molecule has 4 atom stereocenters. The van der Waals surface area contributed by atoms with E-state index < -0.39 is 5.91 Å². The smallest absolute Gasteiger partial charge is 0.284 e. The zero-order valence-corrected chi connectivity index (χ0v) is 19.0. The predicted molar refractivity (Wildman–Crippen MR) is 120 cm³/mol. The summed E-state index contributed by atoms with van der Waals surface area (Å²) in [5.74, 6) is 0.517. The van der Waals surface area contributed by atoms with Gasteiger partial charge in [-0.15, -0.1) is 24.0 Å². The Morgan fingerprint density at radius 1 is 1.20 bits per heavy atom. The second kappa shape index (κ2) is 9.19. The number of hydrogen-bond acceptors (Lipinski definition) is 5. The number of primary amides is 1. The molecule has 2 fully saturated rings. The van der Waals surface area contributed by atoms with Gasteiger partial charge < -0.3 is 20.8 Å². The predicted octanol–water partition coefficient (Wildman–Crippen LogP) is 0.859. The van der Waals surface area contributed by atoms with Crippen molar-refractivity contribution in [1.82, 2.24) is 15.5 Å². The van der Waals surface area contributed by atoms with Crippen molar-refractivity contribution in [2.75, 3.05) is 19.6 Å². The van der Waals surface area contributed by atoms with Gasteiger partial charge in [0.1, 0.15) is 12.3 Å². The van der Waals surface area contributed by atoms with Crippen molar-refractivity contribution < 1.29 is 18.8 Å². The molecule has 3 amide bonds. The molecule has 0 radical (unpaired) electrons. The minimum Gasteiger partial charge on any atom is -0.454 e. The summed E-state index contributed by atoms with van der Waals surface area (Å²) in [5.41, 5.74) is 5.18. The third-order valence-corrected chi connectivity index (χ3v) is 5.83. The van der Waals surface area contributed by atoms with Crippen molar-refractivity contribution >= 4 is 47.7 Å². The van der Waals surface area contributed by atoms with Gasteiger partial charge in [0.25, 0.3) is 5.91 Å². The summed E-state index contributed by atoms with van der Waals surface area (Å²) < 4.78 is 5.32. The van der Waals surface area contributed by atoms with E-state index in [1.54, 1.807) is 6.07 Å². The highest BCUT2D eigenvalue weighted by atomic mass is 127. The number of likely N-dealkylation sites (tertiary alicyclic amines) is 1. The quantitative estimate of drug-likeness (QED) is 0.159. The number of nitrogens with zero attached hydrogens (tertiary/aromatic N) is 2. The number of fused-ring (bicyclic) bond motifs is 5. The van der Waals surface area contributed by atoms with Gasteiger partial charge in [0, 0.05) is 19.6 Å². The molecule has 2 bridgehead atoms. The average molecular weight is 527 g/mol. The third kappa shape index (κ3) is 4.09. The van der Waals surface area contributed by atoms with Crippen LogP contribution in [0.3, 0.4) is 0 Å². The first-order chi connectivity index (χ1) is 14.0. The number of guanidine groups is 1. The van der Waals surface area contributed by atoms with Crippen molar-refractivity contribution in [2.45, 2.75) is 19.9 Å². The molecule has 2 heterocycles. The molecule has 4 rings (SSSR count). The number of halogens is 1. The van der Waals surface area contributed by atoms with Crippen LogP contribution in [0.25, 0.3) is 0 Å². The van der Waals surface area contributed by atoms with E-state index in [-0.39, 0.29) is 71.8 Å². The molecule has 0 spiro atoms. The molecule has 1 aromatic heterocycles. The topological polar surface area (TPSA) is 130 Å². The fourth-order valence-electron chi connectivity index (χ4n) is 4.56. The van der Waals surface area contributed by atoms with Gasteiger partial charge in [-0.05, 0) is 37.3 Å². The minimum atomic E-state index is -0.626. The number of aliphatic imine (C=N–C) groups is 1. The van der Waals surface area contributed by atoms with E-state index in [0.717, 1.165) is 6.42 Å². The number of carbonyl (C=O) groups excluding carboxylic acids is 3. The summed E-state index contributed by atoms with van der Waals surface area (Å²) in [7, 11) is 0. The summed E-state index contributed by atoms with van der Waals surface area (Å²) in [6.07, 6.45) is 5.11. The van der Waals surface area contributed by atoms with Crippen LogP contribution in [-0.4, -0.2) is 48.2 Å². The zero-order chi connectivity index (χ0) is 20.5. The maximum atomic E-state index is 12.7. The summed E-state index contributed by atoms with van der Waals surface area (Å²) >= 11 is 0. The van der Waals surface area contributed by atoms with Crippen molar-refractivity contribution in [1.29, 1.82) is 0 Å². The molecule has 162 valence electrons. The minimum absolute atomic E-state index is 0. The standard InChI is InChI=1S/C20H25N5O4.HI/c1-2-22-20(24-10-13-5-6-14(29-13)17(21)26)23-7-8-25-18(27)15-11-3-4-12(9-11)16(15)19(25)28;/h3-6,11-12,15-16H,2,7-10H2,1H3,(H2,21,26)(H2,22,23,24);1H. The first kappa shape index (κ1) is 22.3. The second-order valence-electron chi connectivity index (χ2n) is 7.58. The van der Waals surface area contributed by atoms with Crippen LogP contribution in [0.1, 0.15) is 29.7 Å². The Bertz CT molecular complexity index is 866. The van der Waals surface area contributed by atoms with Gasteiger partial charge in [0.2, 0.25) is 11.8 Å². The highest BCUT2D eigenvalue weighted by molar-refractivity contribution is 14.0. The summed E-state index contributed by atoms with van der Waals surface area (Å²) in [4.78, 5) is 42.3. The second-order valence-corrected chi connectivity index (χ2v) is 7.58. The van der Waals surface area contributed by atoms with E-state index >= 15 is 0 Å². The van der Waals surface area contributed by atoms with Crippen molar-refractivity contribution in [3.63, 3.8) is 0 Å². The molecule has 1 saturated carbocycles. The fraction of sp³-hybridized carbons (Fsp3) is 0.500. The molecular formula is C20H26IN5O4. The average Bonchev–Trinajstić information content (AvgIpc) is 3.46. The molecule has 9 nitrogen and oxygen atoms in total. The van der Waals surface area contributed by atoms with Crippen molar-refractivity contribution in [3.8, 4) is 0 Å². The molecule has 2 aliphatic carbocycles. The lowest BCUT2D eigenvalue weighted by molar-refractivity contribution is -0.140. The van der Waals surface area contributed by atoms with E-state index in [0.29, 0.717) is 31.4 Å². The highest BCUT2D eigenvalue weighted by Gasteiger charge is 2.58. The Morgan fingerprint density at radius 2 is 1.87 bits per heavy atom. The number of carbonyl (C=O) groups is 3. The Hall–Kier alpha value is -2.37. The summed E-state index contributed by atoms with van der Waals surface area (Å²) in [6.45, 7) is 3.52. The van der Waals surface area contributed by atoms with Crippen LogP contribution >= 0.6 is 24.0 Å². The highest BCUT2D eigenvalue weighted by Crippen LogP contribution is 2.52. The number of hydrogen-bond donors (Lipinski definition) is 3. The lowest BCUT2D eigenvalue weighted by Crippen LogP contribution is -2.43. The molecular weight excluding hydrogens is 501 g/mol. The monoisotopic (exact) mass is 527 g/mol. The number of nitrogens with two attached hydrogens (primary N) is 1. The molecule has 4 unspecified atom stereocenters. The van der Waals surface area contributed by atoms with Crippen LogP contribution in [0.2, 0.25) is 0 Å². The number of furan rings is 1. The van der Waals surface area contributed by atoms with Crippen LogP contribution in [0.5, 0.6) is 0 Å². The van der Waals surface area contributed by atoms with Gasteiger partial charge >= 0.3 is 0 Å². The van der Waals surface area contributed by atoms with Crippen LogP contribution in [0, 0.1) is 23.7 Å². The van der Waals surface area contributed by atoms with E-state index in [9.17, 15) is 14.4 Å². The van der Waals surface area contributed by atoms with Crippen LogP contribution < -0.4 is 16.4 Å². The number of amides is 3. The lowest BCUT2D eigenvalue weighted by Gasteiger charge is -2.18. The van der Waals surface area contributed by atoms with Gasteiger partial charge in [-0.1, -0.05) is 12.2 Å². The Morgan fingerprint density at radius 3 is 2.43 bits per heavy atom. The third-order valence-electron chi connectivity index (χ3n) is 5.83. The Balaban J connectivity index is 0.00000256. The van der Waals surface area contributed by atoms with Gasteiger partial charge in [-0.3, -0.25) is 19.3 Å². The number of allylic oxidation sites excluding steroid dienone is 2. The molecule has 30 heavy (non-hydrogen) atoms. The van der Waals surface area contributed by atoms with E-state index in [1.807, 2.05) is 6.92 Å². The molecule has 3 aliphatic rings. The van der Waals surface area contributed by atoms with Crippen LogP contribution in [-0.2, 0) is 16.1 Å². The van der Waals surface area contributed by atoms with Gasteiger partial charge in [-0.2, -0.15) is 0 Å². The molecule has 10 heteroatoms. The largest absolute Gasteiger partial charge is 0.454 e. The van der Waals surface area contributed by atoms with Crippen LogP contribution in [0.4, 0.5) is 0 Å². The first-order valence-electron chi connectivity index (χ1n) is 9.93. The van der Waals surface area contributed by atoms with Crippen molar-refractivity contribution in [2.24, 2.45) is 34.4 Å². The summed E-state index contributed by atoms with van der Waals surface area (Å²) in [6, 6.07) is 3.16. The maximum absolute atomic E-state index is 12.7. The van der Waals surface area contributed by atoms with Gasteiger partial charge in [0.05, 0.1) is 11.8 Å². The molecule has 4 N–H and O–H groups in total. The molecule has 1 aromatic rings. The van der Waals surface area contributed by atoms with Gasteiger partial charge in [0.15, 0.2) is 11.7 Å². The lowest BCUT2D eigenvalue weighted by atomic mass is 9.85. The zero-order valence-electron chi connectivity index (χ0n) is 16.7. The molecule has 0 aromatic carbocycles. The van der Waals surface area contributed by atoms with Gasteiger partial charge in [-0.25, -0.2) is 4.99 Å². The summed E-state index contributed by atoms with van der Waals surface area (Å²) in [5, 5.41) is 6.24. The maximum Gasteiger partial charge on any atom is 0.284 e. The van der Waals surface area contributed by atoms with Crippen molar-refractivity contribution in [3.05, 3.63) is 35.8 Å². The molecule has 1 aliphatic heterocycles. The normalized spacial score (nSPS) is 26.7.